The van der Waals surface area contributed by atoms with E-state index in [2.05, 4.69) is 89.8 Å². The lowest BCUT2D eigenvalue weighted by Gasteiger charge is -2.38. The number of nitrogens with two attached hydrogens (primary N) is 3. The molecule has 11 amide bonds. The topological polar surface area (TPSA) is 579 Å². The van der Waals surface area contributed by atoms with Crippen LogP contribution in [0, 0.1) is 41.4 Å². The summed E-state index contributed by atoms with van der Waals surface area (Å²) in [7, 11) is 14.1. The zero-order valence-electron chi connectivity index (χ0n) is 74.8. The highest BCUT2D eigenvalue weighted by Crippen LogP contribution is 2.43. The Morgan fingerprint density at radius 3 is 1.76 bits per heavy atom. The van der Waals surface area contributed by atoms with Gasteiger partial charge in [0.2, 0.25) is 65.0 Å². The lowest BCUT2D eigenvalue weighted by Crippen LogP contribution is -2.64. The second-order valence-corrected chi connectivity index (χ2v) is 39.1. The summed E-state index contributed by atoms with van der Waals surface area (Å²) in [6.07, 6.45) is 2.37. The van der Waals surface area contributed by atoms with Crippen molar-refractivity contribution in [3.8, 4) is 0 Å². The van der Waals surface area contributed by atoms with E-state index in [1.54, 1.807) is 46.4 Å². The second-order valence-electron chi connectivity index (χ2n) is 36.1. The van der Waals surface area contributed by atoms with Crippen LogP contribution in [-0.2, 0) is 71.9 Å². The van der Waals surface area contributed by atoms with E-state index in [9.17, 15) is 63.6 Å². The normalized spacial score (nSPS) is 26.2. The van der Waals surface area contributed by atoms with Crippen LogP contribution in [0.2, 0.25) is 0 Å². The Hall–Kier alpha value is -7.86. The number of carbonyl (C=O) groups excluding carboxylic acids is 15. The molecule has 0 aromatic carbocycles. The number of nitrogens with one attached hydrogen (secondary N) is 8. The van der Waals surface area contributed by atoms with Crippen molar-refractivity contribution in [2.75, 3.05) is 107 Å². The fourth-order valence-electron chi connectivity index (χ4n) is 15.3. The van der Waals surface area contributed by atoms with Gasteiger partial charge in [-0.05, 0) is 115 Å². The third-order valence-corrected chi connectivity index (χ3v) is 26.4. The van der Waals surface area contributed by atoms with E-state index in [1.807, 2.05) is 13.8 Å². The number of ketones is 2. The number of Topliss-reactive ketones (excluding diaryl/α,β-unsaturated/α-hetero) is 2. The van der Waals surface area contributed by atoms with Crippen LogP contribution < -0.4 is 69.9 Å². The molecule has 0 aromatic heterocycles. The smallest absolute Gasteiger partial charge is 0.246 e. The van der Waals surface area contributed by atoms with Crippen LogP contribution in [0.1, 0.15) is 192 Å². The van der Waals surface area contributed by atoms with Gasteiger partial charge in [0.25, 0.3) is 0 Å². The average Bonchev–Trinajstić information content (AvgIpc) is 1.61. The Bertz CT molecular complexity index is 3530. The number of carboxylic acid groups (broad SMARTS) is 2. The van der Waals surface area contributed by atoms with Crippen LogP contribution in [-0.4, -0.2) is 329 Å². The lowest BCUT2D eigenvalue weighted by molar-refractivity contribution is -0.870. The van der Waals surface area contributed by atoms with Crippen molar-refractivity contribution in [1.82, 2.24) is 57.2 Å². The predicted molar refractivity (Wildman–Crippen MR) is 456 cm³/mol. The van der Waals surface area contributed by atoms with Crippen LogP contribution in [0.3, 0.4) is 0 Å². The zero-order valence-corrected chi connectivity index (χ0v) is 76.4. The number of aliphatic carboxylic acids is 2. The van der Waals surface area contributed by atoms with Gasteiger partial charge in [-0.25, -0.2) is 0 Å². The summed E-state index contributed by atoms with van der Waals surface area (Å²) in [5.41, 5.74) is 17.1. The van der Waals surface area contributed by atoms with Gasteiger partial charge < -0.3 is 124 Å². The molecule has 0 bridgehead atoms. The van der Waals surface area contributed by atoms with Crippen molar-refractivity contribution in [3.05, 3.63) is 0 Å². The quantitative estimate of drug-likeness (QED) is 0.0108. The molecule has 122 heavy (non-hydrogen) atoms. The molecule has 1 saturated carbocycles. The highest BCUT2D eigenvalue weighted by atomic mass is 33.1. The second kappa shape index (κ2) is 51.5. The molecular weight excluding hydrogens is 1620 g/mol. The number of aliphatic hydroxyl groups excluding tert-OH is 4. The predicted octanol–water partition coefficient (Wildman–Crippen LogP) is -3.84. The number of carbonyl (C=O) groups is 15. The molecule has 4 saturated heterocycles. The van der Waals surface area contributed by atoms with Crippen molar-refractivity contribution in [2.45, 2.75) is 275 Å². The number of likely N-dealkylation sites (N-methyl/N-ethyl adjacent to an activating group) is 2. The van der Waals surface area contributed by atoms with E-state index in [-0.39, 0.29) is 108 Å². The molecule has 696 valence electrons. The number of amides is 11. The van der Waals surface area contributed by atoms with Crippen LogP contribution in [0.4, 0.5) is 0 Å². The summed E-state index contributed by atoms with van der Waals surface area (Å²) in [6.45, 7) is 18.7. The largest absolute Gasteiger partial charge is 0.550 e. The minimum atomic E-state index is -2.02. The average molecular weight is 1770 g/mol. The third kappa shape index (κ3) is 34.2. The summed E-state index contributed by atoms with van der Waals surface area (Å²) in [5, 5.41) is 83.0. The Balaban J connectivity index is 0.00000251. The first-order valence-corrected chi connectivity index (χ1v) is 45.3. The number of aliphatic imine (C=N–C) groups is 1. The monoisotopic (exact) mass is 1770 g/mol. The van der Waals surface area contributed by atoms with E-state index < -0.39 is 240 Å². The number of nitrogens with zero attached hydrogens (tertiary/aromatic N) is 6. The van der Waals surface area contributed by atoms with Crippen LogP contribution >= 0.6 is 21.6 Å². The Kier molecular flexibility index (Phi) is 45.8. The molecule has 40 heteroatoms. The molecule has 1 aliphatic carbocycles. The van der Waals surface area contributed by atoms with Crippen molar-refractivity contribution in [2.24, 2.45) is 63.6 Å². The van der Waals surface area contributed by atoms with Crippen molar-refractivity contribution in [1.29, 1.82) is 0 Å². The molecule has 0 radical (unpaired) electrons. The van der Waals surface area contributed by atoms with Gasteiger partial charge in [0, 0.05) is 73.2 Å². The third-order valence-electron chi connectivity index (χ3n) is 23.1. The standard InChI is InChI=1S/C72H119N15O19S2.2C5H14NO/c1-12-37(6)55(81-59(94)40(9)73)64(99)80-47-35-107-108-72(10,11)58(66(101)83-57(39(8)14-3)69(104)85-26-18-23-49(85)62(97)78-45(70(105)106)32-54(92)93)84-65(100)56(38(7)13-2)82-63(98)51-29-41-20-15-16-22-48(41)87(51)68(103)50-24-19-27-86(50)67(102)42(28-36(4)5)30-52(90)43(33-88)31-53(91)44(21-17-25-76-71(74)75)77-60(95)46(34-89)79-61(47)96;2*1-6(2,3)4-5-7/h36-51,55-58,88-89H,12-35,73H2,1-11H3,(H,77,95)(H,78,97)(H,79,96)(H,80,99)(H,81,94)(H,82,98)(H,83,101)(H,84,100)(H,92,93)(H,105,106)(H4,74,75,76);2*7H,4-5H2,1-3H3/q;2*+1/p-2/t37-,38-,39-,40-,41-,42+,43-,44-,45-,46-,47-,48-,49-,50-,51-,55-,56-,57-,58+;;/m0../s1. The minimum Gasteiger partial charge on any atom is -0.550 e. The van der Waals surface area contributed by atoms with Crippen LogP contribution in [0.15, 0.2) is 4.99 Å². The van der Waals surface area contributed by atoms with Gasteiger partial charge in [0.05, 0.1) is 92.8 Å². The van der Waals surface area contributed by atoms with Gasteiger partial charge in [-0.1, -0.05) is 109 Å². The Morgan fingerprint density at radius 2 is 1.23 bits per heavy atom. The number of hydrogen-bond acceptors (Lipinski definition) is 25. The van der Waals surface area contributed by atoms with E-state index in [0.29, 0.717) is 25.7 Å². The summed E-state index contributed by atoms with van der Waals surface area (Å²) in [6, 6.07) is -18.1. The van der Waals surface area contributed by atoms with Gasteiger partial charge >= 0.3 is 0 Å². The van der Waals surface area contributed by atoms with Gasteiger partial charge in [-0.15, -0.1) is 0 Å². The zero-order chi connectivity index (χ0) is 92.6. The number of hydrogen-bond donors (Lipinski definition) is 15. The highest BCUT2D eigenvalue weighted by molar-refractivity contribution is 8.77. The Labute approximate surface area is 727 Å². The first kappa shape index (κ1) is 108. The molecule has 0 unspecified atom stereocenters. The van der Waals surface area contributed by atoms with Crippen molar-refractivity contribution < 1.29 is 112 Å². The molecule has 5 aliphatic rings. The van der Waals surface area contributed by atoms with E-state index in [0.717, 1.165) is 61.4 Å². The fraction of sp³-hybridized carbons (Fsp3) is 0.805. The number of guanidine groups is 1. The van der Waals surface area contributed by atoms with Gasteiger partial charge in [0.1, 0.15) is 73.2 Å². The van der Waals surface area contributed by atoms with Gasteiger partial charge in [-0.2, -0.15) is 0 Å². The lowest BCUT2D eigenvalue weighted by atomic mass is 9.84. The summed E-state index contributed by atoms with van der Waals surface area (Å²) < 4.78 is 0.0927. The maximum absolute atomic E-state index is 15.7. The number of rotatable bonds is 30. The van der Waals surface area contributed by atoms with Crippen molar-refractivity contribution in [3.63, 3.8) is 0 Å². The molecule has 5 rings (SSSR count). The molecule has 0 aromatic rings. The maximum atomic E-state index is 15.7. The first-order chi connectivity index (χ1) is 57.0. The molecule has 4 aliphatic heterocycles. The number of fused-ring (bicyclic) bond motifs is 4. The highest BCUT2D eigenvalue weighted by Gasteiger charge is 2.53. The molecule has 18 N–H and O–H groups in total. The number of aliphatic hydroxyl groups is 4. The molecule has 38 nitrogen and oxygen atoms in total. The summed E-state index contributed by atoms with van der Waals surface area (Å²) in [5.74, 6) is -19.9. The summed E-state index contributed by atoms with van der Waals surface area (Å²) >= 11 is 0. The first-order valence-electron chi connectivity index (χ1n) is 43.0. The molecule has 5 fully saturated rings. The van der Waals surface area contributed by atoms with E-state index in [4.69, 9.17) is 27.4 Å². The van der Waals surface area contributed by atoms with Gasteiger partial charge in [0.15, 0.2) is 11.7 Å². The van der Waals surface area contributed by atoms with Crippen LogP contribution in [0.5, 0.6) is 0 Å². The molecule has 19 atom stereocenters. The summed E-state index contributed by atoms with van der Waals surface area (Å²) in [4.78, 5) is 224. The molecular formula is C82H145N17O21S2. The number of quaternary nitrogens is 2. The van der Waals surface area contributed by atoms with Crippen molar-refractivity contribution >= 4 is 116 Å². The SMILES string of the molecule is CC[C@H](C)[C@H](NC(=O)[C@H](C)N)C(=O)N[C@H]1CSSC(C)(C)[C@@H](C(=O)N[C@H](C(=O)N2CCC[C@H]2C(=O)N[C@@H](CC(=O)[O-])C(=O)[O-])[C@@H](C)CC)NC(=O)[C@H]([C@@H](C)CC)NC(=O)[C@@H]2C[C@@H]3CCCC[C@@H]3N2C(=O)[C@@H]2CCCN2C(=O)[C@H](CC(C)C)CC(=O)[C@H](CO)CC(=O)[C@H](CCCN=C(N)N)NC(=O)[C@H](CO)NC1=O.C[N+](C)(C)CCO.C[N+](C)(C)CCO. The molecule has 4 heterocycles. The van der Waals surface area contributed by atoms with E-state index >= 15 is 28.8 Å². The fourth-order valence-corrected chi connectivity index (χ4v) is 18.1. The van der Waals surface area contributed by atoms with Crippen LogP contribution in [0.25, 0.3) is 0 Å². The van der Waals surface area contributed by atoms with Gasteiger partial charge in [-0.3, -0.25) is 67.3 Å². The molecule has 0 spiro atoms. The van der Waals surface area contributed by atoms with E-state index in [1.165, 1.54) is 25.7 Å². The number of likely N-dealkylation sites (tertiary alicyclic amines) is 1. The Morgan fingerprint density at radius 1 is 0.639 bits per heavy atom. The maximum Gasteiger partial charge on any atom is 0.246 e. The minimum absolute atomic E-state index is 0.00480. The number of carboxylic acids is 2.